The summed E-state index contributed by atoms with van der Waals surface area (Å²) in [5.41, 5.74) is 1.34. The average Bonchev–Trinajstić information content (AvgIpc) is 2.83. The molecule has 0 bridgehead atoms. The Kier molecular flexibility index (Phi) is 5.68. The first-order valence-corrected chi connectivity index (χ1v) is 8.05. The molecule has 0 spiro atoms. The second kappa shape index (κ2) is 7.50. The lowest BCUT2D eigenvalue weighted by Gasteiger charge is -2.08. The highest BCUT2D eigenvalue weighted by molar-refractivity contribution is 7.99. The number of hydrogen-bond donors (Lipinski definition) is 1. The SMILES string of the molecule is CC(C)NCc1ccc(SCCc2nccn2C)cc1. The maximum Gasteiger partial charge on any atom is 0.109 e. The van der Waals surface area contributed by atoms with Crippen LogP contribution in [0, 0.1) is 0 Å². The Morgan fingerprint density at radius 2 is 2.00 bits per heavy atom. The van der Waals surface area contributed by atoms with Gasteiger partial charge in [-0.25, -0.2) is 4.98 Å². The highest BCUT2D eigenvalue weighted by Gasteiger charge is 2.01. The molecule has 0 fully saturated rings. The minimum Gasteiger partial charge on any atom is -0.338 e. The fourth-order valence-electron chi connectivity index (χ4n) is 1.92. The van der Waals surface area contributed by atoms with E-state index in [2.05, 4.69) is 53.0 Å². The zero-order chi connectivity index (χ0) is 14.4. The summed E-state index contributed by atoms with van der Waals surface area (Å²) in [4.78, 5) is 5.67. The second-order valence-corrected chi connectivity index (χ2v) is 6.40. The van der Waals surface area contributed by atoms with Gasteiger partial charge in [0.2, 0.25) is 0 Å². The second-order valence-electron chi connectivity index (χ2n) is 5.23. The molecule has 1 aromatic carbocycles. The van der Waals surface area contributed by atoms with E-state index in [-0.39, 0.29) is 0 Å². The molecule has 0 radical (unpaired) electrons. The molecule has 0 amide bonds. The number of benzene rings is 1. The summed E-state index contributed by atoms with van der Waals surface area (Å²) in [7, 11) is 2.05. The molecule has 0 aliphatic heterocycles. The van der Waals surface area contributed by atoms with Crippen molar-refractivity contribution < 1.29 is 0 Å². The average molecular weight is 289 g/mol. The highest BCUT2D eigenvalue weighted by Crippen LogP contribution is 2.19. The molecule has 3 nitrogen and oxygen atoms in total. The van der Waals surface area contributed by atoms with Crippen LogP contribution in [0.2, 0.25) is 0 Å². The van der Waals surface area contributed by atoms with Crippen molar-refractivity contribution in [3.8, 4) is 0 Å². The van der Waals surface area contributed by atoms with Crippen molar-refractivity contribution in [1.82, 2.24) is 14.9 Å². The van der Waals surface area contributed by atoms with Crippen LogP contribution in [-0.4, -0.2) is 21.3 Å². The van der Waals surface area contributed by atoms with Crippen molar-refractivity contribution in [3.05, 3.63) is 48.0 Å². The first-order chi connectivity index (χ1) is 9.65. The van der Waals surface area contributed by atoms with Crippen molar-refractivity contribution in [2.45, 2.75) is 37.8 Å². The largest absolute Gasteiger partial charge is 0.338 e. The zero-order valence-corrected chi connectivity index (χ0v) is 13.3. The Hall–Kier alpha value is -1.26. The van der Waals surface area contributed by atoms with E-state index in [1.165, 1.54) is 10.5 Å². The molecule has 0 aliphatic rings. The molecule has 0 saturated carbocycles. The molecule has 108 valence electrons. The van der Waals surface area contributed by atoms with Gasteiger partial charge in [0.05, 0.1) is 0 Å². The van der Waals surface area contributed by atoms with Crippen LogP contribution >= 0.6 is 11.8 Å². The predicted octanol–water partition coefficient (Wildman–Crippen LogP) is 3.25. The van der Waals surface area contributed by atoms with Gasteiger partial charge in [0, 0.05) is 49.1 Å². The van der Waals surface area contributed by atoms with E-state index in [9.17, 15) is 0 Å². The summed E-state index contributed by atoms with van der Waals surface area (Å²) in [6.45, 7) is 5.28. The van der Waals surface area contributed by atoms with Crippen molar-refractivity contribution in [3.63, 3.8) is 0 Å². The third-order valence-corrected chi connectivity index (χ3v) is 4.17. The van der Waals surface area contributed by atoms with Gasteiger partial charge in [-0.1, -0.05) is 26.0 Å². The summed E-state index contributed by atoms with van der Waals surface area (Å²) >= 11 is 1.89. The molecule has 1 N–H and O–H groups in total. The molecule has 0 saturated heterocycles. The van der Waals surface area contributed by atoms with E-state index in [0.717, 1.165) is 24.5 Å². The van der Waals surface area contributed by atoms with E-state index in [1.54, 1.807) is 0 Å². The quantitative estimate of drug-likeness (QED) is 0.794. The van der Waals surface area contributed by atoms with Crippen LogP contribution in [0.3, 0.4) is 0 Å². The van der Waals surface area contributed by atoms with Crippen LogP contribution in [0.5, 0.6) is 0 Å². The molecule has 0 unspecified atom stereocenters. The number of aryl methyl sites for hydroxylation is 2. The fraction of sp³-hybridized carbons (Fsp3) is 0.438. The van der Waals surface area contributed by atoms with E-state index in [1.807, 2.05) is 31.2 Å². The Labute approximate surface area is 125 Å². The Balaban J connectivity index is 1.77. The predicted molar refractivity (Wildman–Crippen MR) is 86.1 cm³/mol. The van der Waals surface area contributed by atoms with E-state index >= 15 is 0 Å². The lowest BCUT2D eigenvalue weighted by Crippen LogP contribution is -2.21. The number of thioether (sulfide) groups is 1. The monoisotopic (exact) mass is 289 g/mol. The van der Waals surface area contributed by atoms with Crippen LogP contribution in [0.1, 0.15) is 25.2 Å². The first-order valence-electron chi connectivity index (χ1n) is 7.06. The third kappa shape index (κ3) is 4.69. The molecule has 1 aromatic heterocycles. The van der Waals surface area contributed by atoms with Gasteiger partial charge in [-0.05, 0) is 17.7 Å². The summed E-state index contributed by atoms with van der Waals surface area (Å²) < 4.78 is 2.08. The van der Waals surface area contributed by atoms with Gasteiger partial charge < -0.3 is 9.88 Å². The van der Waals surface area contributed by atoms with Crippen molar-refractivity contribution in [2.75, 3.05) is 5.75 Å². The smallest absolute Gasteiger partial charge is 0.109 e. The highest BCUT2D eigenvalue weighted by atomic mass is 32.2. The van der Waals surface area contributed by atoms with Crippen molar-refractivity contribution >= 4 is 11.8 Å². The van der Waals surface area contributed by atoms with E-state index < -0.39 is 0 Å². The molecular formula is C16H23N3S. The van der Waals surface area contributed by atoms with Gasteiger partial charge in [0.1, 0.15) is 5.82 Å². The maximum atomic E-state index is 4.34. The molecule has 1 heterocycles. The molecular weight excluding hydrogens is 266 g/mol. The summed E-state index contributed by atoms with van der Waals surface area (Å²) in [5, 5.41) is 3.43. The number of nitrogens with one attached hydrogen (secondary N) is 1. The van der Waals surface area contributed by atoms with Gasteiger partial charge in [0.25, 0.3) is 0 Å². The molecule has 2 aromatic rings. The van der Waals surface area contributed by atoms with Crippen LogP contribution in [0.4, 0.5) is 0 Å². The number of hydrogen-bond acceptors (Lipinski definition) is 3. The summed E-state index contributed by atoms with van der Waals surface area (Å²) in [6.07, 6.45) is 4.86. The van der Waals surface area contributed by atoms with Crippen LogP contribution in [0.25, 0.3) is 0 Å². The molecule has 20 heavy (non-hydrogen) atoms. The Bertz CT molecular complexity index is 517. The summed E-state index contributed by atoms with van der Waals surface area (Å²) in [5.74, 6) is 2.21. The molecule has 0 atom stereocenters. The van der Waals surface area contributed by atoms with Crippen LogP contribution in [0.15, 0.2) is 41.6 Å². The van der Waals surface area contributed by atoms with Crippen LogP contribution in [-0.2, 0) is 20.0 Å². The number of nitrogens with zero attached hydrogens (tertiary/aromatic N) is 2. The standard InChI is InChI=1S/C16H23N3S/c1-13(2)18-12-14-4-6-15(7-5-14)20-11-8-16-17-9-10-19(16)3/h4-7,9-10,13,18H,8,11-12H2,1-3H3. The fourth-order valence-corrected chi connectivity index (χ4v) is 2.77. The normalized spacial score (nSPS) is 11.2. The number of aromatic nitrogens is 2. The van der Waals surface area contributed by atoms with Gasteiger partial charge in [-0.2, -0.15) is 0 Å². The molecule has 2 rings (SSSR count). The van der Waals surface area contributed by atoms with Gasteiger partial charge in [0.15, 0.2) is 0 Å². The van der Waals surface area contributed by atoms with Crippen molar-refractivity contribution in [1.29, 1.82) is 0 Å². The summed E-state index contributed by atoms with van der Waals surface area (Å²) in [6, 6.07) is 9.36. The number of rotatable bonds is 7. The Morgan fingerprint density at radius 3 is 2.60 bits per heavy atom. The first kappa shape index (κ1) is 15.1. The van der Waals surface area contributed by atoms with Gasteiger partial charge in [-0.15, -0.1) is 11.8 Å². The maximum absolute atomic E-state index is 4.34. The third-order valence-electron chi connectivity index (χ3n) is 3.15. The van der Waals surface area contributed by atoms with Crippen LogP contribution < -0.4 is 5.32 Å². The van der Waals surface area contributed by atoms with Crippen molar-refractivity contribution in [2.24, 2.45) is 7.05 Å². The van der Waals surface area contributed by atoms with E-state index in [0.29, 0.717) is 6.04 Å². The van der Waals surface area contributed by atoms with Gasteiger partial charge in [-0.3, -0.25) is 0 Å². The number of imidazole rings is 1. The lowest BCUT2D eigenvalue weighted by molar-refractivity contribution is 0.588. The minimum atomic E-state index is 0.529. The molecule has 4 heteroatoms. The molecule has 0 aliphatic carbocycles. The Morgan fingerprint density at radius 1 is 1.25 bits per heavy atom. The zero-order valence-electron chi connectivity index (χ0n) is 12.5. The topological polar surface area (TPSA) is 29.9 Å². The van der Waals surface area contributed by atoms with E-state index in [4.69, 9.17) is 0 Å². The van der Waals surface area contributed by atoms with Gasteiger partial charge >= 0.3 is 0 Å². The lowest BCUT2D eigenvalue weighted by atomic mass is 10.2. The minimum absolute atomic E-state index is 0.529.